The van der Waals surface area contributed by atoms with E-state index in [1.165, 1.54) is 24.3 Å². The Labute approximate surface area is 196 Å². The zero-order chi connectivity index (χ0) is 24.2. The van der Waals surface area contributed by atoms with Gasteiger partial charge in [-0.15, -0.1) is 0 Å². The molecule has 174 valence electrons. The standard InChI is InChI=1S/C24H16ClF4N3O2/c25-17-3-1-2-15(10-17)12-32-9-8-20(31-32)30-24(33)16-6-4-14(5-7-16)13-34-23-21(28)18(26)11-19(27)22(23)29/h1-11H,12-13H2,(H,30,31,33). The maximum absolute atomic E-state index is 13.7. The van der Waals surface area contributed by atoms with Crippen LogP contribution in [-0.4, -0.2) is 15.7 Å². The molecule has 10 heteroatoms. The van der Waals surface area contributed by atoms with Gasteiger partial charge in [0.05, 0.1) is 6.54 Å². The second kappa shape index (κ2) is 9.96. The van der Waals surface area contributed by atoms with E-state index in [4.69, 9.17) is 16.3 Å². The summed E-state index contributed by atoms with van der Waals surface area (Å²) >= 11 is 5.98. The molecule has 0 aliphatic heterocycles. The molecule has 1 aromatic heterocycles. The molecule has 0 saturated heterocycles. The number of carbonyl (C=O) groups is 1. The molecule has 4 rings (SSSR count). The molecule has 34 heavy (non-hydrogen) atoms. The average Bonchev–Trinajstić information content (AvgIpc) is 3.24. The zero-order valence-electron chi connectivity index (χ0n) is 17.4. The van der Waals surface area contributed by atoms with Crippen LogP contribution in [0.3, 0.4) is 0 Å². The molecule has 1 N–H and O–H groups in total. The van der Waals surface area contributed by atoms with Crippen molar-refractivity contribution >= 4 is 23.3 Å². The highest BCUT2D eigenvalue weighted by Crippen LogP contribution is 2.27. The van der Waals surface area contributed by atoms with Gasteiger partial charge in [-0.3, -0.25) is 9.48 Å². The van der Waals surface area contributed by atoms with Gasteiger partial charge in [-0.1, -0.05) is 35.9 Å². The van der Waals surface area contributed by atoms with Crippen LogP contribution in [0.25, 0.3) is 0 Å². The molecule has 5 nitrogen and oxygen atoms in total. The topological polar surface area (TPSA) is 56.2 Å². The Morgan fingerprint density at radius 3 is 2.32 bits per heavy atom. The molecule has 0 atom stereocenters. The van der Waals surface area contributed by atoms with Gasteiger partial charge in [-0.25, -0.2) is 8.78 Å². The molecule has 1 amide bonds. The molecular weight excluding hydrogens is 474 g/mol. The van der Waals surface area contributed by atoms with Crippen LogP contribution in [0, 0.1) is 23.3 Å². The molecule has 0 radical (unpaired) electrons. The van der Waals surface area contributed by atoms with Gasteiger partial charge >= 0.3 is 0 Å². The summed E-state index contributed by atoms with van der Waals surface area (Å²) in [5.41, 5.74) is 1.67. The Hall–Kier alpha value is -3.85. The van der Waals surface area contributed by atoms with Gasteiger partial charge in [-0.05, 0) is 35.4 Å². The van der Waals surface area contributed by atoms with Crippen molar-refractivity contribution in [1.82, 2.24) is 9.78 Å². The lowest BCUT2D eigenvalue weighted by Gasteiger charge is -2.10. The molecular formula is C24H16ClF4N3O2. The fraction of sp³-hybridized carbons (Fsp3) is 0.0833. The lowest BCUT2D eigenvalue weighted by molar-refractivity contribution is 0.102. The number of rotatable bonds is 7. The van der Waals surface area contributed by atoms with E-state index in [0.29, 0.717) is 28.5 Å². The zero-order valence-corrected chi connectivity index (χ0v) is 18.1. The van der Waals surface area contributed by atoms with E-state index in [-0.39, 0.29) is 12.7 Å². The van der Waals surface area contributed by atoms with Crippen molar-refractivity contribution in [3.63, 3.8) is 0 Å². The highest BCUT2D eigenvalue weighted by Gasteiger charge is 2.20. The van der Waals surface area contributed by atoms with Crippen LogP contribution in [0.2, 0.25) is 5.02 Å². The molecule has 1 heterocycles. The third kappa shape index (κ3) is 5.37. The van der Waals surface area contributed by atoms with Gasteiger partial charge in [0, 0.05) is 28.9 Å². The molecule has 0 spiro atoms. The molecule has 3 aromatic carbocycles. The summed E-state index contributed by atoms with van der Waals surface area (Å²) in [6.45, 7) is 0.105. The van der Waals surface area contributed by atoms with Crippen LogP contribution in [-0.2, 0) is 13.2 Å². The fourth-order valence-electron chi connectivity index (χ4n) is 3.11. The third-order valence-electron chi connectivity index (χ3n) is 4.79. The SMILES string of the molecule is O=C(Nc1ccn(Cc2cccc(Cl)c2)n1)c1ccc(COc2c(F)c(F)cc(F)c2F)cc1. The normalized spacial score (nSPS) is 10.9. The van der Waals surface area contributed by atoms with E-state index in [9.17, 15) is 22.4 Å². The number of halogens is 5. The van der Waals surface area contributed by atoms with Crippen molar-refractivity contribution in [1.29, 1.82) is 0 Å². The second-order valence-corrected chi connectivity index (χ2v) is 7.70. The first-order chi connectivity index (χ1) is 16.3. The van der Waals surface area contributed by atoms with Crippen molar-refractivity contribution in [2.75, 3.05) is 5.32 Å². The first-order valence-corrected chi connectivity index (χ1v) is 10.3. The number of benzene rings is 3. The summed E-state index contributed by atoms with van der Waals surface area (Å²) in [5.74, 6) is -7.59. The minimum atomic E-state index is -1.62. The Morgan fingerprint density at radius 1 is 0.941 bits per heavy atom. The predicted molar refractivity (Wildman–Crippen MR) is 118 cm³/mol. The van der Waals surface area contributed by atoms with Crippen molar-refractivity contribution in [3.8, 4) is 5.75 Å². The molecule has 0 aliphatic rings. The molecule has 0 fully saturated rings. The Morgan fingerprint density at radius 2 is 1.65 bits per heavy atom. The number of amides is 1. The lowest BCUT2D eigenvalue weighted by Crippen LogP contribution is -2.13. The minimum Gasteiger partial charge on any atom is -0.483 e. The van der Waals surface area contributed by atoms with Gasteiger partial charge in [0.25, 0.3) is 5.91 Å². The number of ether oxygens (including phenoxy) is 1. The summed E-state index contributed by atoms with van der Waals surface area (Å²) in [6.07, 6.45) is 1.71. The minimum absolute atomic E-state index is 0.102. The maximum Gasteiger partial charge on any atom is 0.256 e. The first kappa shape index (κ1) is 23.3. The number of aromatic nitrogens is 2. The Bertz CT molecular complexity index is 1320. The monoisotopic (exact) mass is 489 g/mol. The number of carbonyl (C=O) groups excluding carboxylic acids is 1. The average molecular weight is 490 g/mol. The quantitative estimate of drug-likeness (QED) is 0.257. The summed E-state index contributed by atoms with van der Waals surface area (Å²) < 4.78 is 60.5. The van der Waals surface area contributed by atoms with Crippen LogP contribution in [0.1, 0.15) is 21.5 Å². The van der Waals surface area contributed by atoms with Crippen molar-refractivity contribution in [3.05, 3.63) is 112 Å². The van der Waals surface area contributed by atoms with Crippen molar-refractivity contribution < 1.29 is 27.1 Å². The highest BCUT2D eigenvalue weighted by atomic mass is 35.5. The van der Waals surface area contributed by atoms with Crippen molar-refractivity contribution in [2.24, 2.45) is 0 Å². The number of nitrogens with one attached hydrogen (secondary N) is 1. The van der Waals surface area contributed by atoms with E-state index in [1.54, 1.807) is 23.0 Å². The Balaban J connectivity index is 1.36. The van der Waals surface area contributed by atoms with E-state index in [1.807, 2.05) is 18.2 Å². The van der Waals surface area contributed by atoms with Crippen molar-refractivity contribution in [2.45, 2.75) is 13.2 Å². The fourth-order valence-corrected chi connectivity index (χ4v) is 3.33. The lowest BCUT2D eigenvalue weighted by atomic mass is 10.1. The summed E-state index contributed by atoms with van der Waals surface area (Å²) in [7, 11) is 0. The molecule has 0 bridgehead atoms. The van der Waals surface area contributed by atoms with Crippen LogP contribution < -0.4 is 10.1 Å². The number of hydrogen-bond donors (Lipinski definition) is 1. The molecule has 0 unspecified atom stereocenters. The van der Waals surface area contributed by atoms with Gasteiger partial charge < -0.3 is 10.1 Å². The number of nitrogens with zero attached hydrogens (tertiary/aromatic N) is 2. The van der Waals surface area contributed by atoms with Crippen LogP contribution >= 0.6 is 11.6 Å². The van der Waals surface area contributed by atoms with Gasteiger partial charge in [0.15, 0.2) is 23.2 Å². The second-order valence-electron chi connectivity index (χ2n) is 7.27. The van der Waals surface area contributed by atoms with E-state index in [0.717, 1.165) is 5.56 Å². The molecule has 0 aliphatic carbocycles. The smallest absolute Gasteiger partial charge is 0.256 e. The highest BCUT2D eigenvalue weighted by molar-refractivity contribution is 6.30. The number of anilines is 1. The van der Waals surface area contributed by atoms with Crippen LogP contribution in [0.4, 0.5) is 23.4 Å². The van der Waals surface area contributed by atoms with E-state index >= 15 is 0 Å². The molecule has 4 aromatic rings. The van der Waals surface area contributed by atoms with Crippen LogP contribution in [0.5, 0.6) is 5.75 Å². The van der Waals surface area contributed by atoms with Gasteiger partial charge in [0.2, 0.25) is 11.6 Å². The summed E-state index contributed by atoms with van der Waals surface area (Å²) in [5, 5.41) is 7.59. The largest absolute Gasteiger partial charge is 0.483 e. The van der Waals surface area contributed by atoms with Gasteiger partial charge in [0.1, 0.15) is 6.61 Å². The maximum atomic E-state index is 13.7. The van der Waals surface area contributed by atoms with E-state index < -0.39 is 34.9 Å². The third-order valence-corrected chi connectivity index (χ3v) is 5.02. The van der Waals surface area contributed by atoms with Crippen LogP contribution in [0.15, 0.2) is 66.9 Å². The number of hydrogen-bond acceptors (Lipinski definition) is 3. The predicted octanol–water partition coefficient (Wildman–Crippen LogP) is 5.97. The molecule has 0 saturated carbocycles. The van der Waals surface area contributed by atoms with Gasteiger partial charge in [-0.2, -0.15) is 13.9 Å². The van der Waals surface area contributed by atoms with E-state index in [2.05, 4.69) is 10.4 Å². The first-order valence-electron chi connectivity index (χ1n) is 9.94. The Kier molecular flexibility index (Phi) is 6.83. The summed E-state index contributed by atoms with van der Waals surface area (Å²) in [4.78, 5) is 12.5. The summed E-state index contributed by atoms with van der Waals surface area (Å²) in [6, 6.07) is 15.0.